The predicted octanol–water partition coefficient (Wildman–Crippen LogP) is 1.66. The fourth-order valence-electron chi connectivity index (χ4n) is 3.84. The molecule has 40 heavy (non-hydrogen) atoms. The van der Waals surface area contributed by atoms with Crippen LogP contribution >= 0.6 is 0 Å². The van der Waals surface area contributed by atoms with E-state index in [9.17, 15) is 29.4 Å². The standard InChI is InChI=1S/C29H35N3O8/c1-6-20-9-7-8-10-22(20)25(26(36)30-18-24(35)39-5)32(15-16-33)27(37)23(31-28(38)40-29(2,3)4)17-19-11-13-21(34)14-12-19/h1,7-14,23,25,33-34H,15-18H2,2-5H3,(H,30,36)(H,31,38). The van der Waals surface area contributed by atoms with Gasteiger partial charge in [0, 0.05) is 18.5 Å². The molecule has 0 saturated carbocycles. The fraction of sp³-hybridized carbons (Fsp3) is 0.379. The number of terminal acetylenes is 1. The van der Waals surface area contributed by atoms with Gasteiger partial charge >= 0.3 is 12.1 Å². The second kappa shape index (κ2) is 14.6. The molecule has 2 unspecified atom stereocenters. The van der Waals surface area contributed by atoms with Gasteiger partial charge in [-0.3, -0.25) is 14.4 Å². The summed E-state index contributed by atoms with van der Waals surface area (Å²) in [5.41, 5.74) is 0.316. The topological polar surface area (TPSA) is 154 Å². The normalized spacial score (nSPS) is 12.3. The first-order valence-electron chi connectivity index (χ1n) is 12.5. The highest BCUT2D eigenvalue weighted by Crippen LogP contribution is 2.26. The van der Waals surface area contributed by atoms with E-state index < -0.39 is 54.7 Å². The van der Waals surface area contributed by atoms with Crippen LogP contribution in [0.2, 0.25) is 0 Å². The van der Waals surface area contributed by atoms with Gasteiger partial charge in [0.15, 0.2) is 0 Å². The predicted molar refractivity (Wildman–Crippen MR) is 146 cm³/mol. The lowest BCUT2D eigenvalue weighted by Gasteiger charge is -2.34. The van der Waals surface area contributed by atoms with Crippen molar-refractivity contribution in [3.63, 3.8) is 0 Å². The van der Waals surface area contributed by atoms with Crippen LogP contribution in [0.25, 0.3) is 0 Å². The van der Waals surface area contributed by atoms with Crippen molar-refractivity contribution in [3.05, 3.63) is 65.2 Å². The number of nitrogens with one attached hydrogen (secondary N) is 2. The van der Waals surface area contributed by atoms with Gasteiger partial charge in [-0.2, -0.15) is 0 Å². The van der Waals surface area contributed by atoms with Crippen LogP contribution < -0.4 is 10.6 Å². The summed E-state index contributed by atoms with van der Waals surface area (Å²) in [5.74, 6) is 0.313. The average molecular weight is 554 g/mol. The number of methoxy groups -OCH3 is 1. The highest BCUT2D eigenvalue weighted by Gasteiger charge is 2.37. The number of rotatable bonds is 11. The van der Waals surface area contributed by atoms with Gasteiger partial charge in [0.05, 0.1) is 13.7 Å². The van der Waals surface area contributed by atoms with Crippen molar-refractivity contribution in [2.45, 2.75) is 44.9 Å². The van der Waals surface area contributed by atoms with E-state index in [4.69, 9.17) is 11.2 Å². The maximum absolute atomic E-state index is 14.1. The number of phenolic OH excluding ortho intramolecular Hbond substituents is 1. The molecule has 2 rings (SSSR count). The SMILES string of the molecule is C#Cc1ccccc1C(C(=O)NCC(=O)OC)N(CCO)C(=O)C(Cc1ccc(O)cc1)NC(=O)OC(C)(C)C. The van der Waals surface area contributed by atoms with Crippen molar-refractivity contribution in [2.24, 2.45) is 0 Å². The summed E-state index contributed by atoms with van der Waals surface area (Å²) in [6, 6.07) is 9.84. The first kappa shape index (κ1) is 31.7. The second-order valence-electron chi connectivity index (χ2n) is 9.75. The number of hydrogen-bond donors (Lipinski definition) is 4. The summed E-state index contributed by atoms with van der Waals surface area (Å²) < 4.78 is 9.95. The Hall–Kier alpha value is -4.56. The first-order chi connectivity index (χ1) is 18.9. The molecule has 0 aliphatic heterocycles. The number of phenols is 1. The minimum absolute atomic E-state index is 0.0156. The Labute approximate surface area is 233 Å². The third-order valence-electron chi connectivity index (χ3n) is 5.59. The first-order valence-corrected chi connectivity index (χ1v) is 12.5. The summed E-state index contributed by atoms with van der Waals surface area (Å²) in [5, 5.41) is 24.6. The molecule has 0 aromatic heterocycles. The Kier molecular flexibility index (Phi) is 11.5. The quantitative estimate of drug-likeness (QED) is 0.242. The number of carbonyl (C=O) groups is 4. The molecular formula is C29H35N3O8. The highest BCUT2D eigenvalue weighted by atomic mass is 16.6. The van der Waals surface area contributed by atoms with Gasteiger partial charge in [-0.05, 0) is 50.1 Å². The van der Waals surface area contributed by atoms with Crippen LogP contribution in [0.1, 0.15) is 43.5 Å². The Bertz CT molecular complexity index is 1230. The van der Waals surface area contributed by atoms with Gasteiger partial charge in [-0.1, -0.05) is 36.3 Å². The van der Waals surface area contributed by atoms with E-state index in [1.54, 1.807) is 57.2 Å². The Morgan fingerprint density at radius 2 is 1.73 bits per heavy atom. The molecule has 4 N–H and O–H groups in total. The van der Waals surface area contributed by atoms with Crippen LogP contribution in [-0.2, 0) is 30.3 Å². The van der Waals surface area contributed by atoms with Gasteiger partial charge in [0.1, 0.15) is 30.0 Å². The number of benzene rings is 2. The molecule has 0 aliphatic carbocycles. The van der Waals surface area contributed by atoms with Crippen molar-refractivity contribution in [3.8, 4) is 18.1 Å². The lowest BCUT2D eigenvalue weighted by Crippen LogP contribution is -2.54. The van der Waals surface area contributed by atoms with Crippen LogP contribution in [0.15, 0.2) is 48.5 Å². The van der Waals surface area contributed by atoms with Crippen LogP contribution in [-0.4, -0.2) is 77.4 Å². The van der Waals surface area contributed by atoms with Crippen molar-refractivity contribution < 1.29 is 38.9 Å². The number of esters is 1. The zero-order valence-corrected chi connectivity index (χ0v) is 23.0. The van der Waals surface area contributed by atoms with Gasteiger partial charge in [-0.15, -0.1) is 6.42 Å². The number of amides is 3. The molecule has 3 amide bonds. The number of ether oxygens (including phenoxy) is 2. The minimum atomic E-state index is -1.38. The molecule has 0 radical (unpaired) electrons. The van der Waals surface area contributed by atoms with Crippen LogP contribution in [0.3, 0.4) is 0 Å². The summed E-state index contributed by atoms with van der Waals surface area (Å²) >= 11 is 0. The van der Waals surface area contributed by atoms with Crippen molar-refractivity contribution in [1.29, 1.82) is 0 Å². The van der Waals surface area contributed by atoms with Crippen molar-refractivity contribution >= 4 is 23.9 Å². The van der Waals surface area contributed by atoms with Crippen molar-refractivity contribution in [1.82, 2.24) is 15.5 Å². The van der Waals surface area contributed by atoms with E-state index in [1.165, 1.54) is 12.1 Å². The second-order valence-corrected chi connectivity index (χ2v) is 9.75. The molecule has 0 saturated heterocycles. The summed E-state index contributed by atoms with van der Waals surface area (Å²) in [7, 11) is 1.16. The summed E-state index contributed by atoms with van der Waals surface area (Å²) in [4.78, 5) is 53.1. The van der Waals surface area contributed by atoms with E-state index in [0.717, 1.165) is 12.0 Å². The molecule has 2 atom stereocenters. The zero-order chi connectivity index (χ0) is 29.9. The van der Waals surface area contributed by atoms with E-state index in [0.29, 0.717) is 11.1 Å². The Morgan fingerprint density at radius 3 is 2.30 bits per heavy atom. The summed E-state index contributed by atoms with van der Waals surface area (Å²) in [6.07, 6.45) is 4.77. The maximum Gasteiger partial charge on any atom is 0.408 e. The Morgan fingerprint density at radius 1 is 1.07 bits per heavy atom. The molecule has 2 aromatic rings. The maximum atomic E-state index is 14.1. The van der Waals surface area contributed by atoms with Gasteiger partial charge in [0.25, 0.3) is 0 Å². The molecule has 2 aromatic carbocycles. The number of hydrogen-bond acceptors (Lipinski definition) is 8. The number of aliphatic hydroxyl groups is 1. The number of alkyl carbamates (subject to hydrolysis) is 1. The summed E-state index contributed by atoms with van der Waals surface area (Å²) in [6.45, 7) is 3.69. The lowest BCUT2D eigenvalue weighted by atomic mass is 9.96. The fourth-order valence-corrected chi connectivity index (χ4v) is 3.84. The van der Waals surface area contributed by atoms with E-state index in [2.05, 4.69) is 21.3 Å². The number of aliphatic hydroxyl groups excluding tert-OH is 1. The largest absolute Gasteiger partial charge is 0.508 e. The monoisotopic (exact) mass is 553 g/mol. The molecule has 11 heteroatoms. The molecule has 0 heterocycles. The van der Waals surface area contributed by atoms with Crippen molar-refractivity contribution in [2.75, 3.05) is 26.8 Å². The lowest BCUT2D eigenvalue weighted by molar-refractivity contribution is -0.145. The van der Waals surface area contributed by atoms with Crippen LogP contribution in [0.5, 0.6) is 5.75 Å². The van der Waals surface area contributed by atoms with Gasteiger partial charge in [-0.25, -0.2) is 4.79 Å². The van der Waals surface area contributed by atoms with Crippen LogP contribution in [0, 0.1) is 12.3 Å². The molecule has 11 nitrogen and oxygen atoms in total. The van der Waals surface area contributed by atoms with Crippen LogP contribution in [0.4, 0.5) is 4.79 Å². The molecule has 0 bridgehead atoms. The van der Waals surface area contributed by atoms with E-state index in [-0.39, 0.29) is 24.3 Å². The highest BCUT2D eigenvalue weighted by molar-refractivity contribution is 5.93. The van der Waals surface area contributed by atoms with Gasteiger partial charge in [0.2, 0.25) is 11.8 Å². The molecule has 0 spiro atoms. The van der Waals surface area contributed by atoms with E-state index >= 15 is 0 Å². The minimum Gasteiger partial charge on any atom is -0.508 e. The Balaban J connectivity index is 2.57. The molecule has 0 fully saturated rings. The van der Waals surface area contributed by atoms with Gasteiger partial charge < -0.3 is 35.2 Å². The number of nitrogens with zero attached hydrogens (tertiary/aromatic N) is 1. The smallest absolute Gasteiger partial charge is 0.408 e. The third-order valence-corrected chi connectivity index (χ3v) is 5.59. The molecule has 0 aliphatic rings. The zero-order valence-electron chi connectivity index (χ0n) is 23.0. The molecule has 214 valence electrons. The average Bonchev–Trinajstić information content (AvgIpc) is 2.91. The number of aromatic hydroxyl groups is 1. The molecular weight excluding hydrogens is 518 g/mol. The van der Waals surface area contributed by atoms with E-state index in [1.807, 2.05) is 0 Å². The third kappa shape index (κ3) is 9.32. The number of carbonyl (C=O) groups excluding carboxylic acids is 4.